The zero-order chi connectivity index (χ0) is 18.3. The van der Waals surface area contributed by atoms with Crippen LogP contribution in [0, 0.1) is 11.8 Å². The van der Waals surface area contributed by atoms with Gasteiger partial charge in [-0.1, -0.05) is 12.2 Å². The van der Waals surface area contributed by atoms with Crippen LogP contribution in [0.4, 0.5) is 52.7 Å². The Morgan fingerprint density at radius 3 is 1.30 bits per heavy atom. The average Bonchev–Trinajstić information content (AvgIpc) is 2.87. The van der Waals surface area contributed by atoms with Crippen molar-refractivity contribution in [2.75, 3.05) is 0 Å². The molecule has 0 N–H and O–H groups in total. The molecular weight excluding hydrogens is 360 g/mol. The monoisotopic (exact) mass is 366 g/mol. The molecule has 0 aromatic heterocycles. The minimum atomic E-state index is -7.15. The summed E-state index contributed by atoms with van der Waals surface area (Å²) in [5, 5.41) is 0. The Labute approximate surface area is 120 Å². The summed E-state index contributed by atoms with van der Waals surface area (Å²) in [4.78, 5) is 0. The van der Waals surface area contributed by atoms with Crippen molar-refractivity contribution in [2.45, 2.75) is 42.0 Å². The van der Waals surface area contributed by atoms with E-state index >= 15 is 0 Å². The van der Waals surface area contributed by atoms with Gasteiger partial charge in [-0.25, -0.2) is 13.2 Å². The van der Waals surface area contributed by atoms with E-state index in [0.29, 0.717) is 6.08 Å². The van der Waals surface area contributed by atoms with E-state index in [2.05, 4.69) is 0 Å². The number of hydrogen-bond donors (Lipinski definition) is 0. The first-order chi connectivity index (χ1) is 9.96. The first-order valence-electron chi connectivity index (χ1n) is 5.91. The molecule has 0 saturated heterocycles. The third kappa shape index (κ3) is 1.77. The zero-order valence-electron chi connectivity index (χ0n) is 10.6. The molecule has 0 aromatic carbocycles. The molecule has 4 atom stereocenters. The van der Waals surface area contributed by atoms with Gasteiger partial charge in [-0.2, -0.15) is 39.5 Å². The number of fused-ring (bicyclic) bond motifs is 2. The molecular formula is C11H6F12. The van der Waals surface area contributed by atoms with Gasteiger partial charge in [0.05, 0.1) is 0 Å². The first-order valence-corrected chi connectivity index (χ1v) is 5.91. The molecule has 0 aromatic rings. The molecule has 23 heavy (non-hydrogen) atoms. The van der Waals surface area contributed by atoms with Gasteiger partial charge in [-0.15, -0.1) is 0 Å². The second-order valence-electron chi connectivity index (χ2n) is 5.41. The minimum absolute atomic E-state index is 0.208. The van der Waals surface area contributed by atoms with Crippen LogP contribution in [0.3, 0.4) is 0 Å². The van der Waals surface area contributed by atoms with Crippen LogP contribution in [0.25, 0.3) is 0 Å². The molecule has 0 amide bonds. The fourth-order valence-electron chi connectivity index (χ4n) is 3.32. The van der Waals surface area contributed by atoms with E-state index in [-0.39, 0.29) is 6.08 Å². The van der Waals surface area contributed by atoms with E-state index in [1.165, 1.54) is 0 Å². The van der Waals surface area contributed by atoms with Gasteiger partial charge in [-0.3, -0.25) is 0 Å². The van der Waals surface area contributed by atoms with Gasteiger partial charge in [-0.05, 0) is 6.42 Å². The SMILES string of the molecule is FC(F)(F)C1(F)C2C=CC(C2)C1(F)C(F)(C(F)(F)F)C(F)(F)F. The molecule has 0 radical (unpaired) electrons. The van der Waals surface area contributed by atoms with Gasteiger partial charge < -0.3 is 0 Å². The molecule has 2 bridgehead atoms. The summed E-state index contributed by atoms with van der Waals surface area (Å²) in [6.45, 7) is 0. The second kappa shape index (κ2) is 4.29. The summed E-state index contributed by atoms with van der Waals surface area (Å²) in [5.41, 5.74) is -18.6. The predicted octanol–water partition coefficient (Wildman–Crippen LogP) is 5.00. The maximum absolute atomic E-state index is 14.6. The highest BCUT2D eigenvalue weighted by Gasteiger charge is 2.95. The second-order valence-corrected chi connectivity index (χ2v) is 5.41. The Hall–Kier alpha value is -1.10. The topological polar surface area (TPSA) is 0 Å². The molecule has 0 aliphatic heterocycles. The Morgan fingerprint density at radius 2 is 1.00 bits per heavy atom. The summed E-state index contributed by atoms with van der Waals surface area (Å²) in [7, 11) is 0. The molecule has 4 unspecified atom stereocenters. The van der Waals surface area contributed by atoms with Crippen molar-refractivity contribution in [1.82, 2.24) is 0 Å². The van der Waals surface area contributed by atoms with E-state index in [1.54, 1.807) is 0 Å². The molecule has 0 spiro atoms. The van der Waals surface area contributed by atoms with E-state index in [0.717, 1.165) is 0 Å². The highest BCUT2D eigenvalue weighted by atomic mass is 19.4. The normalized spacial score (nSPS) is 38.4. The van der Waals surface area contributed by atoms with Crippen molar-refractivity contribution in [3.63, 3.8) is 0 Å². The van der Waals surface area contributed by atoms with Gasteiger partial charge in [0.2, 0.25) is 11.3 Å². The van der Waals surface area contributed by atoms with Crippen molar-refractivity contribution in [3.8, 4) is 0 Å². The Kier molecular flexibility index (Phi) is 3.41. The maximum Gasteiger partial charge on any atom is 0.435 e. The van der Waals surface area contributed by atoms with Crippen LogP contribution in [-0.2, 0) is 0 Å². The van der Waals surface area contributed by atoms with Crippen LogP contribution < -0.4 is 0 Å². The smallest absolute Gasteiger partial charge is 0.235 e. The maximum atomic E-state index is 14.6. The van der Waals surface area contributed by atoms with Crippen LogP contribution in [0.5, 0.6) is 0 Å². The Balaban J connectivity index is 2.83. The highest BCUT2D eigenvalue weighted by molar-refractivity contribution is 5.36. The van der Waals surface area contributed by atoms with Crippen LogP contribution in [0.2, 0.25) is 0 Å². The van der Waals surface area contributed by atoms with Crippen molar-refractivity contribution in [2.24, 2.45) is 11.8 Å². The minimum Gasteiger partial charge on any atom is -0.235 e. The molecule has 134 valence electrons. The standard InChI is InChI=1S/C11H6F12/c12-6(8(14,10(18,19)20)11(21,22)23)4-1-2-5(3-4)7(6,13)9(15,16)17/h1-2,4-5H,3H2. The van der Waals surface area contributed by atoms with Crippen LogP contribution in [0.1, 0.15) is 6.42 Å². The quantitative estimate of drug-likeness (QED) is 0.452. The summed E-state index contributed by atoms with van der Waals surface area (Å²) >= 11 is 0. The van der Waals surface area contributed by atoms with Crippen molar-refractivity contribution in [3.05, 3.63) is 12.2 Å². The number of alkyl halides is 12. The lowest BCUT2D eigenvalue weighted by atomic mass is 9.67. The molecule has 0 heterocycles. The third-order valence-corrected chi connectivity index (χ3v) is 4.33. The van der Waals surface area contributed by atoms with E-state index in [4.69, 9.17) is 0 Å². The van der Waals surface area contributed by atoms with Crippen LogP contribution >= 0.6 is 0 Å². The van der Waals surface area contributed by atoms with Crippen molar-refractivity contribution in [1.29, 1.82) is 0 Å². The van der Waals surface area contributed by atoms with Crippen LogP contribution in [-0.4, -0.2) is 35.5 Å². The fourth-order valence-corrected chi connectivity index (χ4v) is 3.32. The summed E-state index contributed by atoms with van der Waals surface area (Å²) in [5.74, 6) is -5.55. The number of rotatable bonds is 1. The van der Waals surface area contributed by atoms with E-state index in [1.807, 2.05) is 0 Å². The molecule has 1 fully saturated rings. The first kappa shape index (κ1) is 18.2. The predicted molar refractivity (Wildman–Crippen MR) is 50.4 cm³/mol. The lowest BCUT2D eigenvalue weighted by Crippen LogP contribution is -2.77. The van der Waals surface area contributed by atoms with Gasteiger partial charge >= 0.3 is 24.2 Å². The van der Waals surface area contributed by atoms with Gasteiger partial charge in [0.25, 0.3) is 0 Å². The third-order valence-electron chi connectivity index (χ3n) is 4.33. The summed E-state index contributed by atoms with van der Waals surface area (Å²) < 4.78 is 157. The Bertz CT molecular complexity index is 511. The average molecular weight is 366 g/mol. The molecule has 2 aliphatic rings. The summed E-state index contributed by atoms with van der Waals surface area (Å²) in [6.07, 6.45) is -21.6. The molecule has 2 aliphatic carbocycles. The molecule has 0 nitrogen and oxygen atoms in total. The molecule has 12 heteroatoms. The van der Waals surface area contributed by atoms with E-state index < -0.39 is 53.8 Å². The fraction of sp³-hybridized carbons (Fsp3) is 0.818. The lowest BCUT2D eigenvalue weighted by Gasteiger charge is -2.49. The largest absolute Gasteiger partial charge is 0.435 e. The number of hydrogen-bond acceptors (Lipinski definition) is 0. The van der Waals surface area contributed by atoms with Gasteiger partial charge in [0, 0.05) is 11.8 Å². The van der Waals surface area contributed by atoms with Crippen molar-refractivity contribution >= 4 is 0 Å². The van der Waals surface area contributed by atoms with E-state index in [9.17, 15) is 52.7 Å². The zero-order valence-corrected chi connectivity index (χ0v) is 10.6. The lowest BCUT2D eigenvalue weighted by molar-refractivity contribution is -0.411. The van der Waals surface area contributed by atoms with Gasteiger partial charge in [0.1, 0.15) is 0 Å². The van der Waals surface area contributed by atoms with Crippen molar-refractivity contribution < 1.29 is 52.7 Å². The van der Waals surface area contributed by atoms with Gasteiger partial charge in [0.15, 0.2) is 0 Å². The summed E-state index contributed by atoms with van der Waals surface area (Å²) in [6, 6.07) is 0. The molecule has 1 saturated carbocycles. The highest BCUT2D eigenvalue weighted by Crippen LogP contribution is 2.71. The Morgan fingerprint density at radius 1 is 0.652 bits per heavy atom. The van der Waals surface area contributed by atoms with Crippen LogP contribution in [0.15, 0.2) is 12.2 Å². The molecule has 2 rings (SSSR count). The number of halogens is 12. The number of allylic oxidation sites excluding steroid dienone is 2.